The maximum atomic E-state index is 12.1. The minimum absolute atomic E-state index is 0.205. The fourth-order valence-corrected chi connectivity index (χ4v) is 3.39. The summed E-state index contributed by atoms with van der Waals surface area (Å²) in [6.45, 7) is 2.87. The third-order valence-corrected chi connectivity index (χ3v) is 4.67. The first-order valence-corrected chi connectivity index (χ1v) is 8.27. The summed E-state index contributed by atoms with van der Waals surface area (Å²) in [4.78, 5) is 15.2. The van der Waals surface area contributed by atoms with Crippen molar-refractivity contribution in [2.24, 2.45) is 0 Å². The molecule has 1 amide bonds. The fourth-order valence-electron chi connectivity index (χ4n) is 2.64. The predicted octanol–water partition coefficient (Wildman–Crippen LogP) is 2.24. The number of carbonyl (C=O) groups is 1. The van der Waals surface area contributed by atoms with Gasteiger partial charge in [0.1, 0.15) is 0 Å². The van der Waals surface area contributed by atoms with Crippen LogP contribution in [0.4, 0.5) is 0 Å². The number of H-pyrrole nitrogens is 1. The van der Waals surface area contributed by atoms with Crippen LogP contribution in [0.25, 0.3) is 10.6 Å². The molecule has 0 radical (unpaired) electrons. The van der Waals surface area contributed by atoms with E-state index in [1.807, 2.05) is 22.5 Å². The van der Waals surface area contributed by atoms with Crippen molar-refractivity contribution in [2.45, 2.75) is 25.8 Å². The normalized spacial score (nSPS) is 15.3. The van der Waals surface area contributed by atoms with E-state index in [1.165, 1.54) is 11.3 Å². The molecule has 112 valence electrons. The smallest absolute Gasteiger partial charge is 0.236 e. The lowest BCUT2D eigenvalue weighted by Gasteiger charge is -2.26. The summed E-state index contributed by atoms with van der Waals surface area (Å²) >= 11 is 1.68. The van der Waals surface area contributed by atoms with Gasteiger partial charge in [0.05, 0.1) is 23.3 Å². The molecule has 6 heteroatoms. The van der Waals surface area contributed by atoms with Crippen molar-refractivity contribution in [3.8, 4) is 10.6 Å². The lowest BCUT2D eigenvalue weighted by atomic mass is 10.1. The van der Waals surface area contributed by atoms with Crippen LogP contribution in [0.3, 0.4) is 0 Å². The van der Waals surface area contributed by atoms with E-state index in [-0.39, 0.29) is 5.91 Å². The Balaban J connectivity index is 1.52. The number of aromatic nitrogens is 2. The summed E-state index contributed by atoms with van der Waals surface area (Å²) in [7, 11) is 0. The highest BCUT2D eigenvalue weighted by molar-refractivity contribution is 7.13. The van der Waals surface area contributed by atoms with Crippen LogP contribution >= 0.6 is 11.3 Å². The quantitative estimate of drug-likeness (QED) is 0.890. The molecular formula is C15H20N4OS. The first kappa shape index (κ1) is 14.3. The molecule has 0 spiro atoms. The number of hydrogen-bond acceptors (Lipinski definition) is 4. The molecule has 1 aliphatic heterocycles. The van der Waals surface area contributed by atoms with E-state index in [4.69, 9.17) is 0 Å². The molecule has 0 aliphatic carbocycles. The van der Waals surface area contributed by atoms with Crippen LogP contribution in [0.15, 0.2) is 23.7 Å². The average molecular weight is 304 g/mol. The number of amides is 1. The van der Waals surface area contributed by atoms with Crippen LogP contribution in [0.2, 0.25) is 0 Å². The molecule has 2 aromatic heterocycles. The molecule has 0 unspecified atom stereocenters. The minimum atomic E-state index is 0.205. The summed E-state index contributed by atoms with van der Waals surface area (Å²) in [5.74, 6) is 0.205. The van der Waals surface area contributed by atoms with Gasteiger partial charge in [-0.1, -0.05) is 6.07 Å². The van der Waals surface area contributed by atoms with Crippen LogP contribution in [0, 0.1) is 0 Å². The first-order valence-electron chi connectivity index (χ1n) is 7.39. The SMILES string of the molecule is O=C(CNCc1cn[nH]c1-c1cccs1)N1CCCCC1. The highest BCUT2D eigenvalue weighted by Gasteiger charge is 2.16. The van der Waals surface area contributed by atoms with Gasteiger partial charge >= 0.3 is 0 Å². The highest BCUT2D eigenvalue weighted by atomic mass is 32.1. The third kappa shape index (κ3) is 3.51. The Kier molecular flexibility index (Phi) is 4.67. The number of carbonyl (C=O) groups excluding carboxylic acids is 1. The summed E-state index contributed by atoms with van der Waals surface area (Å²) < 4.78 is 0. The van der Waals surface area contributed by atoms with E-state index in [9.17, 15) is 4.79 Å². The van der Waals surface area contributed by atoms with Crippen LogP contribution in [0.1, 0.15) is 24.8 Å². The molecule has 0 saturated carbocycles. The van der Waals surface area contributed by atoms with Gasteiger partial charge in [-0.05, 0) is 30.7 Å². The summed E-state index contributed by atoms with van der Waals surface area (Å²) in [6, 6.07) is 4.10. The molecule has 1 fully saturated rings. The van der Waals surface area contributed by atoms with Crippen molar-refractivity contribution in [1.82, 2.24) is 20.4 Å². The molecule has 0 bridgehead atoms. The molecule has 0 aromatic carbocycles. The molecular weight excluding hydrogens is 284 g/mol. The van der Waals surface area contributed by atoms with Crippen molar-refractivity contribution in [3.05, 3.63) is 29.3 Å². The number of rotatable bonds is 5. The zero-order chi connectivity index (χ0) is 14.5. The molecule has 3 rings (SSSR count). The number of likely N-dealkylation sites (tertiary alicyclic amines) is 1. The molecule has 3 heterocycles. The Hall–Kier alpha value is -1.66. The first-order chi connectivity index (χ1) is 10.3. The van der Waals surface area contributed by atoms with Crippen molar-refractivity contribution < 1.29 is 4.79 Å². The van der Waals surface area contributed by atoms with Gasteiger partial charge in [0.2, 0.25) is 5.91 Å². The van der Waals surface area contributed by atoms with E-state index in [0.717, 1.165) is 37.2 Å². The Bertz CT molecular complexity index is 572. The standard InChI is InChI=1S/C15H20N4OS/c20-14(19-6-2-1-3-7-19)11-16-9-12-10-17-18-15(12)13-5-4-8-21-13/h4-5,8,10,16H,1-3,6-7,9,11H2,(H,17,18). The van der Waals surface area contributed by atoms with Crippen LogP contribution in [-0.4, -0.2) is 40.6 Å². The van der Waals surface area contributed by atoms with Gasteiger partial charge < -0.3 is 10.2 Å². The fraction of sp³-hybridized carbons (Fsp3) is 0.467. The van der Waals surface area contributed by atoms with Crippen molar-refractivity contribution in [3.63, 3.8) is 0 Å². The van der Waals surface area contributed by atoms with Gasteiger partial charge in [0, 0.05) is 25.2 Å². The van der Waals surface area contributed by atoms with E-state index >= 15 is 0 Å². The third-order valence-electron chi connectivity index (χ3n) is 3.79. The Labute approximate surface area is 128 Å². The number of nitrogens with zero attached hydrogens (tertiary/aromatic N) is 2. The van der Waals surface area contributed by atoms with Gasteiger partial charge in [-0.15, -0.1) is 11.3 Å². The van der Waals surface area contributed by atoms with Gasteiger partial charge in [0.15, 0.2) is 0 Å². The van der Waals surface area contributed by atoms with Gasteiger partial charge in [-0.2, -0.15) is 5.10 Å². The average Bonchev–Trinajstić information content (AvgIpc) is 3.18. The zero-order valence-corrected chi connectivity index (χ0v) is 12.8. The van der Waals surface area contributed by atoms with E-state index in [2.05, 4.69) is 21.6 Å². The van der Waals surface area contributed by atoms with Crippen molar-refractivity contribution in [2.75, 3.05) is 19.6 Å². The predicted molar refractivity (Wildman–Crippen MR) is 84.0 cm³/mol. The molecule has 2 aromatic rings. The Morgan fingerprint density at radius 1 is 1.38 bits per heavy atom. The molecule has 0 atom stereocenters. The lowest BCUT2D eigenvalue weighted by molar-refractivity contribution is -0.131. The number of thiophene rings is 1. The second-order valence-corrected chi connectivity index (χ2v) is 6.24. The van der Waals surface area contributed by atoms with Crippen molar-refractivity contribution in [1.29, 1.82) is 0 Å². The Morgan fingerprint density at radius 2 is 2.24 bits per heavy atom. The van der Waals surface area contributed by atoms with Crippen LogP contribution in [-0.2, 0) is 11.3 Å². The number of aromatic amines is 1. The van der Waals surface area contributed by atoms with Crippen molar-refractivity contribution >= 4 is 17.2 Å². The van der Waals surface area contributed by atoms with Crippen LogP contribution in [0.5, 0.6) is 0 Å². The monoisotopic (exact) mass is 304 g/mol. The number of piperidine rings is 1. The molecule has 1 aliphatic rings. The molecule has 5 nitrogen and oxygen atoms in total. The number of hydrogen-bond donors (Lipinski definition) is 2. The van der Waals surface area contributed by atoms with Crippen LogP contribution < -0.4 is 5.32 Å². The maximum Gasteiger partial charge on any atom is 0.236 e. The molecule has 1 saturated heterocycles. The lowest BCUT2D eigenvalue weighted by Crippen LogP contribution is -2.40. The molecule has 21 heavy (non-hydrogen) atoms. The zero-order valence-electron chi connectivity index (χ0n) is 12.0. The van der Waals surface area contributed by atoms with Gasteiger partial charge in [-0.25, -0.2) is 0 Å². The topological polar surface area (TPSA) is 61.0 Å². The molecule has 2 N–H and O–H groups in total. The highest BCUT2D eigenvalue weighted by Crippen LogP contribution is 2.25. The summed E-state index contributed by atoms with van der Waals surface area (Å²) in [5.41, 5.74) is 2.15. The Morgan fingerprint density at radius 3 is 3.00 bits per heavy atom. The maximum absolute atomic E-state index is 12.1. The number of nitrogens with one attached hydrogen (secondary N) is 2. The van der Waals surface area contributed by atoms with Gasteiger partial charge in [0.25, 0.3) is 0 Å². The second kappa shape index (κ2) is 6.87. The second-order valence-electron chi connectivity index (χ2n) is 5.29. The van der Waals surface area contributed by atoms with E-state index in [0.29, 0.717) is 13.1 Å². The van der Waals surface area contributed by atoms with E-state index < -0.39 is 0 Å². The minimum Gasteiger partial charge on any atom is -0.342 e. The summed E-state index contributed by atoms with van der Waals surface area (Å²) in [5, 5.41) is 12.4. The van der Waals surface area contributed by atoms with Gasteiger partial charge in [-0.3, -0.25) is 9.89 Å². The van der Waals surface area contributed by atoms with E-state index in [1.54, 1.807) is 11.3 Å². The largest absolute Gasteiger partial charge is 0.342 e. The summed E-state index contributed by atoms with van der Waals surface area (Å²) in [6.07, 6.45) is 5.34.